The van der Waals surface area contributed by atoms with E-state index < -0.39 is 64.5 Å². The van der Waals surface area contributed by atoms with Crippen molar-refractivity contribution in [2.45, 2.75) is 175 Å². The normalized spacial score (nSPS) is 22.7. The largest absolute Gasteiger partial charge is 1.00 e. The van der Waals surface area contributed by atoms with Crippen LogP contribution >= 0.6 is 0 Å². The summed E-state index contributed by atoms with van der Waals surface area (Å²) >= 11 is 0. The van der Waals surface area contributed by atoms with Crippen molar-refractivity contribution in [1.29, 1.82) is 0 Å². The molecule has 7 aromatic carbocycles. The Morgan fingerprint density at radius 3 is 1.39 bits per heavy atom. The number of aromatic nitrogens is 4. The molecule has 12 atom stereocenters. The molecular weight excluding hydrogens is 1620 g/mol. The van der Waals surface area contributed by atoms with Crippen molar-refractivity contribution in [3.63, 3.8) is 0 Å². The topological polar surface area (TPSA) is 311 Å². The number of ether oxygens (including phenoxy) is 8. The zero-order valence-electron chi connectivity index (χ0n) is 65.9. The number of pyridine rings is 4. The summed E-state index contributed by atoms with van der Waals surface area (Å²) < 4.78 is 165. The molecule has 1 saturated heterocycles. The van der Waals surface area contributed by atoms with Gasteiger partial charge < -0.3 is 84.5 Å². The Morgan fingerprint density at radius 2 is 0.877 bits per heavy atom. The van der Waals surface area contributed by atoms with E-state index in [9.17, 15) is 59.6 Å². The van der Waals surface area contributed by atoms with Gasteiger partial charge in [0, 0.05) is 49.1 Å². The number of hydrogen-bond acceptors (Lipinski definition) is 22. The number of epoxide rings is 1. The van der Waals surface area contributed by atoms with E-state index in [2.05, 4.69) is 59.0 Å². The Kier molecular flexibility index (Phi) is 28.0. The molecule has 0 spiro atoms. The van der Waals surface area contributed by atoms with Gasteiger partial charge in [-0.3, -0.25) is 0 Å². The molecule has 24 nitrogen and oxygen atoms in total. The van der Waals surface area contributed by atoms with Crippen LogP contribution in [0.2, 0.25) is 0 Å². The summed E-state index contributed by atoms with van der Waals surface area (Å²) in [6.45, 7) is 1.16. The maximum absolute atomic E-state index is 14.2. The summed E-state index contributed by atoms with van der Waals surface area (Å²) in [4.78, 5) is 22.4. The SMILES string of the molecule is Fc1ccc2c(c1)Nc1ncccc1O2.O=S(=O)(N[C@H]1CCC[C@@H](N2c3cc(F)ccc3Oc3cccnc32)[C@@H]1O)c1ccc(OC(F)(F)F)cc1.O[C@@H]1[C@H](O)CCC[C@H]1N1c2cc(F)ccc2Oc2cccnc21.O[C@H]1[C@H](N2c3cc(F)ccc3Oc3cccnc32)CCC[C@H]1OCc1ccccc1.[NH2-].[Na+].c1ccc(CO[C@@H]2CCC[C@@H]3O[C@@H]32)cc1. The first-order chi connectivity index (χ1) is 58.1. The van der Waals surface area contributed by atoms with Crippen LogP contribution in [0.15, 0.2) is 236 Å². The van der Waals surface area contributed by atoms with Crippen molar-refractivity contribution >= 4 is 56.0 Å². The van der Waals surface area contributed by atoms with Crippen LogP contribution in [0.25, 0.3) is 6.15 Å². The molecule has 9 aliphatic rings. The number of alkyl halides is 3. The van der Waals surface area contributed by atoms with Gasteiger partial charge in [0.25, 0.3) is 0 Å². The summed E-state index contributed by atoms with van der Waals surface area (Å²) in [7, 11) is -4.20. The molecule has 0 radical (unpaired) electrons. The average Bonchev–Trinajstić information content (AvgIpc) is 1.28. The minimum atomic E-state index is -4.91. The number of sulfonamides is 1. The van der Waals surface area contributed by atoms with Crippen LogP contribution in [-0.2, 0) is 37.4 Å². The van der Waals surface area contributed by atoms with E-state index in [4.69, 9.17) is 33.2 Å². The van der Waals surface area contributed by atoms with Gasteiger partial charge in [-0.05, 0) is 210 Å². The Hall–Kier alpha value is -10.6. The first kappa shape index (κ1) is 87.8. The molecule has 9 heterocycles. The second-order valence-electron chi connectivity index (χ2n) is 30.0. The van der Waals surface area contributed by atoms with Gasteiger partial charge in [-0.1, -0.05) is 60.7 Å². The Balaban J connectivity index is 0.000000129. The number of benzene rings is 7. The predicted molar refractivity (Wildman–Crippen MR) is 435 cm³/mol. The van der Waals surface area contributed by atoms with Gasteiger partial charge in [-0.2, -0.15) is 0 Å². The Bertz CT molecular complexity index is 5530. The quantitative estimate of drug-likeness (QED) is 0.0355. The van der Waals surface area contributed by atoms with Gasteiger partial charge in [0.2, 0.25) is 10.0 Å². The van der Waals surface area contributed by atoms with E-state index in [-0.39, 0.29) is 76.2 Å². The monoisotopic (exact) mass is 1710 g/mol. The van der Waals surface area contributed by atoms with Gasteiger partial charge in [-0.15, -0.1) is 13.2 Å². The molecule has 8 N–H and O–H groups in total. The molecule has 4 aromatic heterocycles. The molecule has 122 heavy (non-hydrogen) atoms. The number of nitrogens with zero attached hydrogens (tertiary/aromatic N) is 7. The van der Waals surface area contributed by atoms with E-state index in [1.165, 1.54) is 79.2 Å². The van der Waals surface area contributed by atoms with Crippen molar-refractivity contribution in [1.82, 2.24) is 24.7 Å². The number of halogens is 7. The van der Waals surface area contributed by atoms with Crippen molar-refractivity contribution < 1.29 is 127 Å². The molecule has 4 saturated carbocycles. The first-order valence-corrected chi connectivity index (χ1v) is 41.0. The van der Waals surface area contributed by atoms with Gasteiger partial charge in [0.15, 0.2) is 69.3 Å². The van der Waals surface area contributed by atoms with Crippen LogP contribution in [0.1, 0.15) is 88.2 Å². The fourth-order valence-electron chi connectivity index (χ4n) is 16.2. The number of nitrogens with one attached hydrogen (secondary N) is 2. The fourth-order valence-corrected chi connectivity index (χ4v) is 17.5. The number of hydrogen-bond donors (Lipinski definition) is 6. The van der Waals surface area contributed by atoms with Crippen LogP contribution in [-0.4, -0.2) is 128 Å². The summed E-state index contributed by atoms with van der Waals surface area (Å²) in [5.74, 6) is 4.18. The number of anilines is 8. The predicted octanol–water partition coefficient (Wildman–Crippen LogP) is 15.6. The van der Waals surface area contributed by atoms with Crippen molar-refractivity contribution in [2.75, 3.05) is 20.0 Å². The molecular formula is C89H86F7N10NaO14S. The number of aliphatic hydroxyl groups excluding tert-OH is 4. The molecule has 0 bridgehead atoms. The summed E-state index contributed by atoms with van der Waals surface area (Å²) in [5.41, 5.74) is 4.36. The maximum atomic E-state index is 14.2. The number of fused-ring (bicyclic) bond motifs is 9. The van der Waals surface area contributed by atoms with Crippen LogP contribution in [0.5, 0.6) is 51.7 Å². The molecule has 0 amide bonds. The minimum Gasteiger partial charge on any atom is -0.693 e. The average molecular weight is 1710 g/mol. The molecule has 33 heteroatoms. The number of nitrogens with two attached hydrogens (primary N) is 1. The molecule has 5 fully saturated rings. The Labute approximate surface area is 721 Å². The molecule has 20 rings (SSSR count). The molecule has 11 aromatic rings. The number of aliphatic hydroxyl groups is 4. The van der Waals surface area contributed by atoms with Crippen molar-refractivity contribution in [3.05, 3.63) is 272 Å². The fraction of sp³-hybridized carbons (Fsp3) is 0.303. The van der Waals surface area contributed by atoms with E-state index >= 15 is 0 Å². The van der Waals surface area contributed by atoms with Crippen LogP contribution in [0, 0.1) is 23.3 Å². The molecule has 0 unspecified atom stereocenters. The summed E-state index contributed by atoms with van der Waals surface area (Å²) in [6, 6.07) is 52.9. The Morgan fingerprint density at radius 1 is 0.451 bits per heavy atom. The van der Waals surface area contributed by atoms with Gasteiger partial charge >= 0.3 is 35.9 Å². The van der Waals surface area contributed by atoms with Crippen molar-refractivity contribution in [2.24, 2.45) is 0 Å². The van der Waals surface area contributed by atoms with Crippen LogP contribution < -0.4 is 78.0 Å². The van der Waals surface area contributed by atoms with Crippen molar-refractivity contribution in [3.8, 4) is 51.7 Å². The van der Waals surface area contributed by atoms with E-state index in [0.29, 0.717) is 149 Å². The zero-order chi connectivity index (χ0) is 83.2. The smallest absolute Gasteiger partial charge is 0.693 e. The van der Waals surface area contributed by atoms with Gasteiger partial charge in [-0.25, -0.2) is 50.6 Å². The maximum Gasteiger partial charge on any atom is 1.00 e. The van der Waals surface area contributed by atoms with Gasteiger partial charge in [0.1, 0.15) is 47.3 Å². The number of rotatable bonds is 13. The zero-order valence-corrected chi connectivity index (χ0v) is 68.7. The van der Waals surface area contributed by atoms with Crippen LogP contribution in [0.4, 0.5) is 76.8 Å². The third-order valence-corrected chi connectivity index (χ3v) is 23.5. The molecule has 5 aliphatic heterocycles. The first-order valence-electron chi connectivity index (χ1n) is 39.5. The minimum absolute atomic E-state index is 0. The molecule has 4 aliphatic carbocycles. The second kappa shape index (κ2) is 38.9. The standard InChI is InChI=1S/C24H21F4N3O5S.C24H23FN2O3.C17H17FN2O3.C13H16O2.C11H7FN2O.H2N.Na/c25-14-6-11-20-19(13-14)31(23-21(35-20)5-2-12-29-23)18-4-1-3-17(22(18)32)30-37(33,34)16-9-7-15(8-10-16)36-24(26,27)28;25-17-11-12-20-19(14-17)27(24-22(30-20)10-5-13-26-24)18-8-4-9-21(23(18)28)29-15-16-6-2-1-3-7-16;18-10-6-7-14-12(9-10)20(11-3-1-4-13(21)16(11)22)17-15(23-14)5-2-8-19-17;1-2-5-10(6-3-1)9-14-11-7-4-8-12-13(11)15-12;12-7-3-4-9-8(6-7)14-11-10(15-9)2-1-5-13-11;;/h2,5-13,17-18,22,30,32H,1,3-4H2;1-3,5-7,10-14,18,21,23,28H,4,8-9,15H2;2,5-9,11,13,16,21-22H,1,3-4H2;1-3,5-6,11-13H,4,7-9H2;1-6H,(H,13,14);1H2;/q;;;;;-1;+1/t17-,18+,22+;18-,21-,23+;11-,13-,16+;11-,12+,13-;;;/m0111.../s1. The van der Waals surface area contributed by atoms with E-state index in [0.717, 1.165) is 68.5 Å². The third kappa shape index (κ3) is 20.4. The van der Waals surface area contributed by atoms with Crippen LogP contribution in [0.3, 0.4) is 0 Å². The van der Waals surface area contributed by atoms with E-state index in [1.807, 2.05) is 53.4 Å². The summed E-state index contributed by atoms with van der Waals surface area (Å²) in [5, 5.41) is 46.0. The second-order valence-corrected chi connectivity index (χ2v) is 31.7. The van der Waals surface area contributed by atoms with Gasteiger partial charge in [0.05, 0.1) is 95.5 Å². The molecule has 632 valence electrons. The third-order valence-electron chi connectivity index (χ3n) is 21.9. The summed E-state index contributed by atoms with van der Waals surface area (Å²) in [6.07, 6.45) is 8.22. The van der Waals surface area contributed by atoms with E-state index in [1.54, 1.807) is 83.0 Å².